The summed E-state index contributed by atoms with van der Waals surface area (Å²) in [5.41, 5.74) is -2.11. The Morgan fingerprint density at radius 2 is 1.65 bits per heavy atom. The maximum absolute atomic E-state index is 13.1. The zero-order valence-corrected chi connectivity index (χ0v) is 18.6. The molecule has 1 N–H and O–H groups in total. The predicted molar refractivity (Wildman–Crippen MR) is 114 cm³/mol. The van der Waals surface area contributed by atoms with Gasteiger partial charge in [0.2, 0.25) is 5.91 Å². The van der Waals surface area contributed by atoms with Crippen LogP contribution in [0.1, 0.15) is 61.6 Å². The number of nitrogens with one attached hydrogen (secondary N) is 1. The second kappa shape index (κ2) is 10.8. The molecule has 0 unspecified atom stereocenters. The zero-order valence-electron chi connectivity index (χ0n) is 18.6. The topological polar surface area (TPSA) is 56.1 Å². The van der Waals surface area contributed by atoms with Gasteiger partial charge in [0.25, 0.3) is 0 Å². The van der Waals surface area contributed by atoms with Crippen molar-refractivity contribution in [1.82, 2.24) is 10.2 Å². The molecule has 186 valence electrons. The molecule has 10 heteroatoms. The maximum atomic E-state index is 13.1. The van der Waals surface area contributed by atoms with Crippen molar-refractivity contribution in [2.45, 2.75) is 63.3 Å². The molecule has 0 saturated heterocycles. The van der Waals surface area contributed by atoms with E-state index in [1.165, 1.54) is 0 Å². The minimum atomic E-state index is -4.85. The summed E-state index contributed by atoms with van der Waals surface area (Å²) in [6.07, 6.45) is -3.12. The fraction of sp³-hybridized carbons (Fsp3) is 0.583. The van der Waals surface area contributed by atoms with Crippen LogP contribution in [-0.4, -0.2) is 36.5 Å². The van der Waals surface area contributed by atoms with Crippen molar-refractivity contribution < 1.29 is 31.1 Å². The molecule has 1 amide bonds. The molecule has 1 aliphatic carbocycles. The Hall–Kier alpha value is -2.54. The number of alkyl halides is 6. The van der Waals surface area contributed by atoms with Gasteiger partial charge in [0.15, 0.2) is 0 Å². The van der Waals surface area contributed by atoms with Gasteiger partial charge in [-0.3, -0.25) is 9.69 Å². The SMILES string of the molecule is N#CCC(=O)N[C@H]1CC[C@H](CCN2CC=C(c3cc(C(F)(F)F)cc(C(F)(F)F)c3)CC2)CC1. The van der Waals surface area contributed by atoms with Crippen molar-refractivity contribution in [3.63, 3.8) is 0 Å². The smallest absolute Gasteiger partial charge is 0.352 e. The summed E-state index contributed by atoms with van der Waals surface area (Å²) in [5.74, 6) is 0.261. The van der Waals surface area contributed by atoms with E-state index < -0.39 is 23.5 Å². The van der Waals surface area contributed by atoms with Crippen LogP contribution in [0.3, 0.4) is 0 Å². The molecule has 1 aliphatic heterocycles. The number of nitriles is 1. The second-order valence-corrected chi connectivity index (χ2v) is 8.98. The van der Waals surface area contributed by atoms with E-state index in [-0.39, 0.29) is 30.0 Å². The monoisotopic (exact) mass is 487 g/mol. The Bertz CT molecular complexity index is 907. The van der Waals surface area contributed by atoms with Crippen LogP contribution in [0, 0.1) is 17.2 Å². The van der Waals surface area contributed by atoms with Crippen LogP contribution in [0.25, 0.3) is 5.57 Å². The fourth-order valence-corrected chi connectivity index (χ4v) is 4.63. The normalized spacial score (nSPS) is 22.1. The molecule has 1 saturated carbocycles. The lowest BCUT2D eigenvalue weighted by Crippen LogP contribution is -2.38. The molecular weight excluding hydrogens is 460 g/mol. The van der Waals surface area contributed by atoms with E-state index in [0.717, 1.165) is 50.8 Å². The molecule has 0 bridgehead atoms. The van der Waals surface area contributed by atoms with Gasteiger partial charge in [-0.15, -0.1) is 0 Å². The van der Waals surface area contributed by atoms with E-state index in [2.05, 4.69) is 10.2 Å². The summed E-state index contributed by atoms with van der Waals surface area (Å²) >= 11 is 0. The molecule has 0 radical (unpaired) electrons. The van der Waals surface area contributed by atoms with Gasteiger partial charge in [0.1, 0.15) is 6.42 Å². The Morgan fingerprint density at radius 1 is 1.03 bits per heavy atom. The molecule has 4 nitrogen and oxygen atoms in total. The Kier molecular flexibility index (Phi) is 8.29. The predicted octanol–water partition coefficient (Wildman–Crippen LogP) is 5.79. The van der Waals surface area contributed by atoms with Crippen LogP contribution in [-0.2, 0) is 17.1 Å². The van der Waals surface area contributed by atoms with Crippen molar-refractivity contribution in [3.8, 4) is 6.07 Å². The van der Waals surface area contributed by atoms with E-state index in [9.17, 15) is 31.1 Å². The molecule has 34 heavy (non-hydrogen) atoms. The van der Waals surface area contributed by atoms with Gasteiger partial charge in [0, 0.05) is 19.1 Å². The van der Waals surface area contributed by atoms with Crippen molar-refractivity contribution in [2.24, 2.45) is 5.92 Å². The molecule has 1 aromatic carbocycles. The number of hydrogen-bond donors (Lipinski definition) is 1. The molecule has 3 rings (SSSR count). The number of carbonyl (C=O) groups excluding carboxylic acids is 1. The highest BCUT2D eigenvalue weighted by Crippen LogP contribution is 2.38. The van der Waals surface area contributed by atoms with Crippen LogP contribution in [0.5, 0.6) is 0 Å². The van der Waals surface area contributed by atoms with E-state index in [1.54, 1.807) is 6.08 Å². The largest absolute Gasteiger partial charge is 0.416 e. The first-order valence-corrected chi connectivity index (χ1v) is 11.3. The van der Waals surface area contributed by atoms with Crippen LogP contribution >= 0.6 is 0 Å². The van der Waals surface area contributed by atoms with E-state index in [4.69, 9.17) is 5.26 Å². The Balaban J connectivity index is 1.53. The Labute approximate surface area is 194 Å². The van der Waals surface area contributed by atoms with Crippen molar-refractivity contribution in [2.75, 3.05) is 19.6 Å². The molecular formula is C24H27F6N3O. The highest BCUT2D eigenvalue weighted by molar-refractivity contribution is 5.78. The molecule has 0 spiro atoms. The highest BCUT2D eigenvalue weighted by atomic mass is 19.4. The minimum Gasteiger partial charge on any atom is -0.352 e. The number of benzene rings is 1. The van der Waals surface area contributed by atoms with E-state index in [0.29, 0.717) is 31.0 Å². The van der Waals surface area contributed by atoms with Crippen LogP contribution in [0.2, 0.25) is 0 Å². The third-order valence-corrected chi connectivity index (χ3v) is 6.56. The summed E-state index contributed by atoms with van der Waals surface area (Å²) in [7, 11) is 0. The molecule has 0 aromatic heterocycles. The summed E-state index contributed by atoms with van der Waals surface area (Å²) in [4.78, 5) is 13.7. The summed E-state index contributed by atoms with van der Waals surface area (Å²) in [6.45, 7) is 1.85. The lowest BCUT2D eigenvalue weighted by Gasteiger charge is -2.32. The van der Waals surface area contributed by atoms with Crippen LogP contribution in [0.15, 0.2) is 24.3 Å². The van der Waals surface area contributed by atoms with Gasteiger partial charge < -0.3 is 5.32 Å². The average Bonchev–Trinajstić information content (AvgIpc) is 2.78. The number of hydrogen-bond acceptors (Lipinski definition) is 3. The van der Waals surface area contributed by atoms with Gasteiger partial charge in [-0.05, 0) is 80.3 Å². The first-order chi connectivity index (χ1) is 16.0. The second-order valence-electron chi connectivity index (χ2n) is 8.98. The van der Waals surface area contributed by atoms with Gasteiger partial charge in [-0.25, -0.2) is 0 Å². The molecule has 1 fully saturated rings. The quantitative estimate of drug-likeness (QED) is 0.517. The van der Waals surface area contributed by atoms with E-state index in [1.807, 2.05) is 6.07 Å². The van der Waals surface area contributed by atoms with Crippen molar-refractivity contribution in [3.05, 3.63) is 41.0 Å². The summed E-state index contributed by atoms with van der Waals surface area (Å²) in [5, 5.41) is 11.4. The number of carbonyl (C=O) groups is 1. The lowest BCUT2D eigenvalue weighted by atomic mass is 9.84. The number of nitrogens with zero attached hydrogens (tertiary/aromatic N) is 2. The highest BCUT2D eigenvalue weighted by Gasteiger charge is 2.37. The third kappa shape index (κ3) is 7.23. The maximum Gasteiger partial charge on any atom is 0.416 e. The van der Waals surface area contributed by atoms with Gasteiger partial charge >= 0.3 is 12.4 Å². The average molecular weight is 487 g/mol. The van der Waals surface area contributed by atoms with E-state index >= 15 is 0 Å². The molecule has 2 aliphatic rings. The summed E-state index contributed by atoms with van der Waals surface area (Å²) < 4.78 is 78.8. The van der Waals surface area contributed by atoms with Crippen LogP contribution < -0.4 is 5.32 Å². The fourth-order valence-electron chi connectivity index (χ4n) is 4.63. The van der Waals surface area contributed by atoms with Crippen LogP contribution in [0.4, 0.5) is 26.3 Å². The van der Waals surface area contributed by atoms with Crippen molar-refractivity contribution in [1.29, 1.82) is 5.26 Å². The zero-order chi connectivity index (χ0) is 24.9. The number of amides is 1. The molecule has 1 heterocycles. The van der Waals surface area contributed by atoms with Crippen molar-refractivity contribution >= 4 is 11.5 Å². The number of rotatable bonds is 6. The third-order valence-electron chi connectivity index (χ3n) is 6.56. The van der Waals surface area contributed by atoms with Gasteiger partial charge in [0.05, 0.1) is 17.2 Å². The minimum absolute atomic E-state index is 0.0291. The molecule has 0 atom stereocenters. The Morgan fingerprint density at radius 3 is 2.15 bits per heavy atom. The lowest BCUT2D eigenvalue weighted by molar-refractivity contribution is -0.143. The number of halogens is 6. The van der Waals surface area contributed by atoms with Gasteiger partial charge in [-0.1, -0.05) is 6.08 Å². The molecule has 1 aromatic rings. The summed E-state index contributed by atoms with van der Waals surface area (Å²) in [6, 6.07) is 3.68. The standard InChI is InChI=1S/C24H27F6N3O/c25-23(26,27)19-13-18(14-20(15-19)24(28,29)30)17-7-11-33(12-8-17)10-6-16-1-3-21(4-2-16)32-22(34)5-9-31/h7,13-16,21H,1-6,8,10-12H2,(H,32,34)/t16-,21-. The first kappa shape index (κ1) is 26.1. The van der Waals surface area contributed by atoms with Gasteiger partial charge in [-0.2, -0.15) is 31.6 Å². The first-order valence-electron chi connectivity index (χ1n) is 11.3.